The van der Waals surface area contributed by atoms with Gasteiger partial charge in [-0.2, -0.15) is 0 Å². The summed E-state index contributed by atoms with van der Waals surface area (Å²) < 4.78 is 1.21. The first-order valence-corrected chi connectivity index (χ1v) is 9.77. The molecular weight excluding hydrogens is 408 g/mol. The van der Waals surface area contributed by atoms with Gasteiger partial charge in [-0.25, -0.2) is 14.8 Å². The van der Waals surface area contributed by atoms with E-state index in [1.807, 2.05) is 60.7 Å². The summed E-state index contributed by atoms with van der Waals surface area (Å²) in [6, 6.07) is 18.5. The van der Waals surface area contributed by atoms with Crippen LogP contribution in [0.2, 0.25) is 0 Å². The van der Waals surface area contributed by atoms with Crippen molar-refractivity contribution in [3.05, 3.63) is 105 Å². The van der Waals surface area contributed by atoms with Gasteiger partial charge < -0.3 is 10.6 Å². The van der Waals surface area contributed by atoms with Crippen LogP contribution in [0.25, 0.3) is 11.4 Å². The minimum atomic E-state index is -0.755. The largest absolute Gasteiger partial charge is 0.383 e. The zero-order valence-corrected chi connectivity index (χ0v) is 17.2. The van der Waals surface area contributed by atoms with Crippen molar-refractivity contribution in [1.82, 2.24) is 19.5 Å². The van der Waals surface area contributed by atoms with Crippen molar-refractivity contribution in [2.45, 2.75) is 6.54 Å². The van der Waals surface area contributed by atoms with Crippen molar-refractivity contribution in [2.75, 3.05) is 17.7 Å². The quantitative estimate of drug-likeness (QED) is 0.500. The fraction of sp³-hybridized carbons (Fsp3) is 0.0870. The number of benzene rings is 2. The van der Waals surface area contributed by atoms with Gasteiger partial charge in [0.05, 0.1) is 12.1 Å². The molecular formula is C23H20N6O3. The molecule has 4 rings (SSSR count). The van der Waals surface area contributed by atoms with E-state index in [-0.39, 0.29) is 23.6 Å². The van der Waals surface area contributed by atoms with Gasteiger partial charge in [0, 0.05) is 25.0 Å². The summed E-state index contributed by atoms with van der Waals surface area (Å²) in [6.07, 6.45) is 2.77. The number of nitrogens with zero attached hydrogens (tertiary/aromatic N) is 4. The highest BCUT2D eigenvalue weighted by Crippen LogP contribution is 2.19. The molecule has 160 valence electrons. The molecule has 0 bridgehead atoms. The van der Waals surface area contributed by atoms with Gasteiger partial charge >= 0.3 is 5.69 Å². The highest BCUT2D eigenvalue weighted by Gasteiger charge is 2.22. The maximum atomic E-state index is 13.0. The molecule has 0 unspecified atom stereocenters. The summed E-state index contributed by atoms with van der Waals surface area (Å²) in [5.41, 5.74) is 6.43. The molecule has 1 amide bonds. The van der Waals surface area contributed by atoms with Crippen molar-refractivity contribution in [3.8, 4) is 11.4 Å². The fourth-order valence-corrected chi connectivity index (χ4v) is 3.29. The number of amides is 1. The lowest BCUT2D eigenvalue weighted by Crippen LogP contribution is -2.39. The summed E-state index contributed by atoms with van der Waals surface area (Å²) in [5.74, 6) is -0.175. The predicted molar refractivity (Wildman–Crippen MR) is 121 cm³/mol. The second-order valence-electron chi connectivity index (χ2n) is 7.09. The first-order chi connectivity index (χ1) is 15.5. The molecule has 0 radical (unpaired) electrons. The lowest BCUT2D eigenvalue weighted by atomic mass is 10.2. The topological polar surface area (TPSA) is 127 Å². The third-order valence-electron chi connectivity index (χ3n) is 4.97. The lowest BCUT2D eigenvalue weighted by molar-refractivity contribution is 0.0992. The first kappa shape index (κ1) is 20.7. The predicted octanol–water partition coefficient (Wildman–Crippen LogP) is 1.90. The number of rotatable bonds is 5. The minimum Gasteiger partial charge on any atom is -0.383 e. The van der Waals surface area contributed by atoms with Crippen LogP contribution < -0.4 is 21.9 Å². The van der Waals surface area contributed by atoms with Crippen LogP contribution in [0.1, 0.15) is 15.9 Å². The number of anilines is 2. The van der Waals surface area contributed by atoms with Gasteiger partial charge in [-0.05, 0) is 5.56 Å². The van der Waals surface area contributed by atoms with Crippen LogP contribution in [0.5, 0.6) is 0 Å². The third kappa shape index (κ3) is 4.04. The lowest BCUT2D eigenvalue weighted by Gasteiger charge is -2.20. The number of H-pyrrole nitrogens is 1. The average Bonchev–Trinajstić information content (AvgIpc) is 2.82. The van der Waals surface area contributed by atoms with E-state index < -0.39 is 17.2 Å². The van der Waals surface area contributed by atoms with Crippen LogP contribution in [0.3, 0.4) is 0 Å². The minimum absolute atomic E-state index is 0.111. The second-order valence-corrected chi connectivity index (χ2v) is 7.09. The van der Waals surface area contributed by atoms with Gasteiger partial charge in [0.2, 0.25) is 0 Å². The van der Waals surface area contributed by atoms with E-state index in [1.165, 1.54) is 24.0 Å². The smallest absolute Gasteiger partial charge is 0.330 e. The van der Waals surface area contributed by atoms with Crippen LogP contribution in [0.15, 0.2) is 82.6 Å². The van der Waals surface area contributed by atoms with Crippen molar-refractivity contribution < 1.29 is 4.79 Å². The van der Waals surface area contributed by atoms with E-state index in [2.05, 4.69) is 15.0 Å². The second kappa shape index (κ2) is 8.68. The molecule has 0 saturated carbocycles. The summed E-state index contributed by atoms with van der Waals surface area (Å²) >= 11 is 0. The van der Waals surface area contributed by atoms with E-state index in [4.69, 9.17) is 5.73 Å². The Bertz CT molecular complexity index is 1360. The number of hydrogen-bond acceptors (Lipinski definition) is 6. The zero-order chi connectivity index (χ0) is 22.7. The van der Waals surface area contributed by atoms with Gasteiger partial charge in [-0.1, -0.05) is 60.7 Å². The molecule has 0 saturated heterocycles. The summed E-state index contributed by atoms with van der Waals surface area (Å²) in [6.45, 7) is 0.145. The maximum absolute atomic E-state index is 13.0. The third-order valence-corrected chi connectivity index (χ3v) is 4.97. The Morgan fingerprint density at radius 2 is 1.59 bits per heavy atom. The fourth-order valence-electron chi connectivity index (χ4n) is 3.29. The molecule has 0 aliphatic rings. The molecule has 3 N–H and O–H groups in total. The molecule has 0 aliphatic carbocycles. The number of aromatic nitrogens is 4. The molecule has 0 aliphatic heterocycles. The van der Waals surface area contributed by atoms with Crippen LogP contribution in [0.4, 0.5) is 11.5 Å². The normalized spacial score (nSPS) is 10.7. The van der Waals surface area contributed by atoms with Crippen LogP contribution in [-0.4, -0.2) is 32.5 Å². The van der Waals surface area contributed by atoms with E-state index in [0.29, 0.717) is 5.82 Å². The standard InChI is InChI=1S/C23H20N6O3/c1-28(22(31)17-12-25-20(26-13-17)16-10-6-3-7-11-16)18-19(24)29(23(32)27-21(18)30)14-15-8-4-2-5-9-15/h2-13H,14,24H2,1H3,(H,27,30,32). The van der Waals surface area contributed by atoms with Crippen molar-refractivity contribution in [3.63, 3.8) is 0 Å². The van der Waals surface area contributed by atoms with Crippen molar-refractivity contribution >= 4 is 17.4 Å². The van der Waals surface area contributed by atoms with E-state index in [1.54, 1.807) is 0 Å². The van der Waals surface area contributed by atoms with E-state index in [9.17, 15) is 14.4 Å². The summed E-state index contributed by atoms with van der Waals surface area (Å²) in [5, 5.41) is 0. The molecule has 4 aromatic rings. The summed E-state index contributed by atoms with van der Waals surface area (Å²) in [7, 11) is 1.41. The highest BCUT2D eigenvalue weighted by molar-refractivity contribution is 6.06. The molecule has 0 atom stereocenters. The molecule has 9 nitrogen and oxygen atoms in total. The van der Waals surface area contributed by atoms with E-state index in [0.717, 1.165) is 16.0 Å². The van der Waals surface area contributed by atoms with Gasteiger partial charge in [-0.3, -0.25) is 19.1 Å². The Hall–Kier alpha value is -4.53. The number of carbonyl (C=O) groups is 1. The summed E-state index contributed by atoms with van der Waals surface area (Å²) in [4.78, 5) is 49.7. The molecule has 0 fully saturated rings. The molecule has 32 heavy (non-hydrogen) atoms. The Balaban J connectivity index is 1.66. The Morgan fingerprint density at radius 3 is 2.22 bits per heavy atom. The SMILES string of the molecule is CN(C(=O)c1cnc(-c2ccccc2)nc1)c1c(N)n(Cc2ccccc2)c(=O)[nH]c1=O. The first-order valence-electron chi connectivity index (χ1n) is 9.77. The van der Waals surface area contributed by atoms with Gasteiger partial charge in [0.25, 0.3) is 11.5 Å². The Labute approximate surface area is 182 Å². The number of nitrogens with one attached hydrogen (secondary N) is 1. The average molecular weight is 428 g/mol. The number of nitrogens with two attached hydrogens (primary N) is 1. The maximum Gasteiger partial charge on any atom is 0.330 e. The number of carbonyl (C=O) groups excluding carboxylic acids is 1. The van der Waals surface area contributed by atoms with Gasteiger partial charge in [-0.15, -0.1) is 0 Å². The number of nitrogen functional groups attached to an aromatic ring is 1. The van der Waals surface area contributed by atoms with Crippen molar-refractivity contribution in [1.29, 1.82) is 0 Å². The number of aromatic amines is 1. The van der Waals surface area contributed by atoms with Crippen LogP contribution in [-0.2, 0) is 6.54 Å². The monoisotopic (exact) mass is 428 g/mol. The highest BCUT2D eigenvalue weighted by atomic mass is 16.2. The molecule has 2 aromatic carbocycles. The zero-order valence-electron chi connectivity index (χ0n) is 17.2. The van der Waals surface area contributed by atoms with Crippen LogP contribution >= 0.6 is 0 Å². The molecule has 0 spiro atoms. The van der Waals surface area contributed by atoms with E-state index >= 15 is 0 Å². The molecule has 2 heterocycles. The Morgan fingerprint density at radius 1 is 1.00 bits per heavy atom. The number of hydrogen-bond donors (Lipinski definition) is 2. The van der Waals surface area contributed by atoms with Gasteiger partial charge in [0.15, 0.2) is 11.5 Å². The molecule has 9 heteroatoms. The Kier molecular flexibility index (Phi) is 5.63. The van der Waals surface area contributed by atoms with Gasteiger partial charge in [0.1, 0.15) is 5.82 Å². The van der Waals surface area contributed by atoms with Crippen molar-refractivity contribution in [2.24, 2.45) is 0 Å². The van der Waals surface area contributed by atoms with Crippen LogP contribution in [0, 0.1) is 0 Å². The molecule has 2 aromatic heterocycles.